The van der Waals surface area contributed by atoms with Gasteiger partial charge < -0.3 is 9.47 Å². The fourth-order valence-corrected chi connectivity index (χ4v) is 3.26. The van der Waals surface area contributed by atoms with Crippen molar-refractivity contribution in [2.75, 3.05) is 13.2 Å². The largest absolute Gasteiger partial charge is 0.494 e. The SMILES string of the molecule is N#Cc1ccc(-c2ccc(OCCCCCCCCCC3CO3)cc2)cc1. The minimum Gasteiger partial charge on any atom is -0.494 e. The summed E-state index contributed by atoms with van der Waals surface area (Å²) in [5.41, 5.74) is 2.94. The second-order valence-corrected chi connectivity index (χ2v) is 7.28. The Morgan fingerprint density at radius 1 is 0.815 bits per heavy atom. The molecule has 142 valence electrons. The van der Waals surface area contributed by atoms with Gasteiger partial charge in [0.05, 0.1) is 31.0 Å². The molecule has 1 atom stereocenters. The zero-order chi connectivity index (χ0) is 18.7. The Hall–Kier alpha value is -2.31. The van der Waals surface area contributed by atoms with Crippen LogP contribution in [-0.4, -0.2) is 19.3 Å². The molecule has 3 heteroatoms. The summed E-state index contributed by atoms with van der Waals surface area (Å²) < 4.78 is 11.1. The summed E-state index contributed by atoms with van der Waals surface area (Å²) >= 11 is 0. The van der Waals surface area contributed by atoms with E-state index in [4.69, 9.17) is 14.7 Å². The summed E-state index contributed by atoms with van der Waals surface area (Å²) in [6.07, 6.45) is 10.9. The zero-order valence-electron chi connectivity index (χ0n) is 16.0. The Kier molecular flexibility index (Phi) is 7.74. The average Bonchev–Trinajstić information content (AvgIpc) is 3.54. The Labute approximate surface area is 162 Å². The normalized spacial score (nSPS) is 15.3. The van der Waals surface area contributed by atoms with Crippen LogP contribution in [0.5, 0.6) is 5.75 Å². The predicted molar refractivity (Wildman–Crippen MR) is 109 cm³/mol. The van der Waals surface area contributed by atoms with E-state index in [1.165, 1.54) is 44.9 Å². The molecule has 1 aliphatic rings. The Bertz CT molecular complexity index is 712. The van der Waals surface area contributed by atoms with Crippen LogP contribution in [0.1, 0.15) is 56.9 Å². The lowest BCUT2D eigenvalue weighted by molar-refractivity contribution is 0.304. The highest BCUT2D eigenvalue weighted by molar-refractivity contribution is 5.64. The second kappa shape index (κ2) is 10.7. The van der Waals surface area contributed by atoms with Crippen LogP contribution in [0.2, 0.25) is 0 Å². The fourth-order valence-electron chi connectivity index (χ4n) is 3.26. The van der Waals surface area contributed by atoms with E-state index in [1.54, 1.807) is 0 Å². The van der Waals surface area contributed by atoms with Gasteiger partial charge in [-0.05, 0) is 48.2 Å². The molecule has 27 heavy (non-hydrogen) atoms. The van der Waals surface area contributed by atoms with Crippen molar-refractivity contribution < 1.29 is 9.47 Å². The Balaban J connectivity index is 1.25. The predicted octanol–water partition coefficient (Wildman–Crippen LogP) is 6.12. The molecular weight excluding hydrogens is 334 g/mol. The third-order valence-electron chi connectivity index (χ3n) is 5.04. The lowest BCUT2D eigenvalue weighted by Gasteiger charge is -2.08. The van der Waals surface area contributed by atoms with E-state index < -0.39 is 0 Å². The van der Waals surface area contributed by atoms with E-state index >= 15 is 0 Å². The maximum atomic E-state index is 8.87. The van der Waals surface area contributed by atoms with Crippen LogP contribution in [0.4, 0.5) is 0 Å². The molecule has 0 N–H and O–H groups in total. The van der Waals surface area contributed by atoms with Crippen molar-refractivity contribution >= 4 is 0 Å². The molecule has 0 amide bonds. The van der Waals surface area contributed by atoms with Crippen LogP contribution in [0, 0.1) is 11.3 Å². The zero-order valence-corrected chi connectivity index (χ0v) is 16.0. The monoisotopic (exact) mass is 363 g/mol. The van der Waals surface area contributed by atoms with Crippen LogP contribution in [-0.2, 0) is 4.74 Å². The number of nitriles is 1. The van der Waals surface area contributed by atoms with Crippen molar-refractivity contribution in [1.82, 2.24) is 0 Å². The van der Waals surface area contributed by atoms with Crippen LogP contribution >= 0.6 is 0 Å². The molecule has 0 radical (unpaired) electrons. The van der Waals surface area contributed by atoms with Gasteiger partial charge in [-0.15, -0.1) is 0 Å². The summed E-state index contributed by atoms with van der Waals surface area (Å²) in [6, 6.07) is 18.0. The third kappa shape index (κ3) is 7.07. The van der Waals surface area contributed by atoms with Gasteiger partial charge in [0.2, 0.25) is 0 Å². The number of nitrogens with zero attached hydrogens (tertiary/aromatic N) is 1. The van der Waals surface area contributed by atoms with Crippen molar-refractivity contribution in [3.8, 4) is 22.9 Å². The number of hydrogen-bond donors (Lipinski definition) is 0. The topological polar surface area (TPSA) is 45.5 Å². The number of epoxide rings is 1. The lowest BCUT2D eigenvalue weighted by Crippen LogP contribution is -1.97. The van der Waals surface area contributed by atoms with Crippen LogP contribution < -0.4 is 4.74 Å². The molecule has 3 nitrogen and oxygen atoms in total. The molecule has 0 aromatic heterocycles. The molecule has 3 rings (SSSR count). The smallest absolute Gasteiger partial charge is 0.119 e. The Morgan fingerprint density at radius 3 is 1.96 bits per heavy atom. The van der Waals surface area contributed by atoms with E-state index in [0.717, 1.165) is 36.5 Å². The van der Waals surface area contributed by atoms with Gasteiger partial charge in [-0.3, -0.25) is 0 Å². The molecule has 0 spiro atoms. The molecular formula is C24H29NO2. The van der Waals surface area contributed by atoms with Crippen LogP contribution in [0.15, 0.2) is 48.5 Å². The van der Waals surface area contributed by atoms with E-state index in [1.807, 2.05) is 36.4 Å². The molecule has 1 fully saturated rings. The molecule has 1 aliphatic heterocycles. The highest BCUT2D eigenvalue weighted by Gasteiger charge is 2.20. The van der Waals surface area contributed by atoms with Crippen molar-refractivity contribution in [3.05, 3.63) is 54.1 Å². The molecule has 1 unspecified atom stereocenters. The van der Waals surface area contributed by atoms with Crippen molar-refractivity contribution in [1.29, 1.82) is 5.26 Å². The maximum absolute atomic E-state index is 8.87. The van der Waals surface area contributed by atoms with E-state index in [0.29, 0.717) is 11.7 Å². The first kappa shape index (κ1) is 19.5. The summed E-state index contributed by atoms with van der Waals surface area (Å²) in [6.45, 7) is 1.79. The van der Waals surface area contributed by atoms with Crippen LogP contribution in [0.3, 0.4) is 0 Å². The van der Waals surface area contributed by atoms with E-state index in [2.05, 4.69) is 18.2 Å². The standard InChI is InChI=1S/C24H29NO2/c25-18-20-9-11-21(12-10-20)22-13-15-23(16-14-22)26-17-7-5-3-1-2-4-6-8-24-19-27-24/h9-16,24H,1-8,17,19H2. The summed E-state index contributed by atoms with van der Waals surface area (Å²) in [4.78, 5) is 0. The second-order valence-electron chi connectivity index (χ2n) is 7.28. The molecule has 2 aromatic rings. The van der Waals surface area contributed by atoms with Crippen LogP contribution in [0.25, 0.3) is 11.1 Å². The minimum atomic E-state index is 0.598. The van der Waals surface area contributed by atoms with Gasteiger partial charge in [0, 0.05) is 0 Å². The highest BCUT2D eigenvalue weighted by atomic mass is 16.6. The number of hydrogen-bond acceptors (Lipinski definition) is 3. The van der Waals surface area contributed by atoms with Crippen molar-refractivity contribution in [2.45, 2.75) is 57.5 Å². The van der Waals surface area contributed by atoms with Gasteiger partial charge in [-0.25, -0.2) is 0 Å². The quantitative estimate of drug-likeness (QED) is 0.337. The van der Waals surface area contributed by atoms with Gasteiger partial charge in [0.25, 0.3) is 0 Å². The summed E-state index contributed by atoms with van der Waals surface area (Å²) in [5, 5.41) is 8.87. The number of rotatable bonds is 12. The molecule has 1 heterocycles. The van der Waals surface area contributed by atoms with Gasteiger partial charge in [0.1, 0.15) is 5.75 Å². The summed E-state index contributed by atoms with van der Waals surface area (Å²) in [7, 11) is 0. The molecule has 0 aliphatic carbocycles. The first-order chi connectivity index (χ1) is 13.3. The minimum absolute atomic E-state index is 0.598. The van der Waals surface area contributed by atoms with E-state index in [-0.39, 0.29) is 0 Å². The first-order valence-electron chi connectivity index (χ1n) is 10.2. The molecule has 1 saturated heterocycles. The first-order valence-corrected chi connectivity index (χ1v) is 10.2. The van der Waals surface area contributed by atoms with Gasteiger partial charge >= 0.3 is 0 Å². The van der Waals surface area contributed by atoms with Gasteiger partial charge in [-0.1, -0.05) is 62.8 Å². The lowest BCUT2D eigenvalue weighted by atomic mass is 10.0. The number of unbranched alkanes of at least 4 members (excludes halogenated alkanes) is 6. The maximum Gasteiger partial charge on any atom is 0.119 e. The van der Waals surface area contributed by atoms with Gasteiger partial charge in [-0.2, -0.15) is 5.26 Å². The highest BCUT2D eigenvalue weighted by Crippen LogP contribution is 2.23. The van der Waals surface area contributed by atoms with Crippen molar-refractivity contribution in [3.63, 3.8) is 0 Å². The number of ether oxygens (including phenoxy) is 2. The number of benzene rings is 2. The Morgan fingerprint density at radius 2 is 1.37 bits per heavy atom. The molecule has 2 aromatic carbocycles. The van der Waals surface area contributed by atoms with Crippen molar-refractivity contribution in [2.24, 2.45) is 0 Å². The summed E-state index contributed by atoms with van der Waals surface area (Å²) in [5.74, 6) is 0.926. The third-order valence-corrected chi connectivity index (χ3v) is 5.04. The average molecular weight is 364 g/mol. The molecule has 0 saturated carbocycles. The van der Waals surface area contributed by atoms with E-state index in [9.17, 15) is 0 Å². The van der Waals surface area contributed by atoms with Gasteiger partial charge in [0.15, 0.2) is 0 Å². The molecule has 0 bridgehead atoms. The fraction of sp³-hybridized carbons (Fsp3) is 0.458.